The zero-order valence-electron chi connectivity index (χ0n) is 12.9. The van der Waals surface area contributed by atoms with E-state index in [0.717, 1.165) is 25.5 Å². The maximum absolute atomic E-state index is 11.8. The molecule has 0 aromatic heterocycles. The van der Waals surface area contributed by atoms with E-state index < -0.39 is 30.0 Å². The van der Waals surface area contributed by atoms with E-state index in [1.807, 2.05) is 5.70 Å². The van der Waals surface area contributed by atoms with Crippen LogP contribution in [0.3, 0.4) is 0 Å². The van der Waals surface area contributed by atoms with E-state index in [0.29, 0.717) is 6.61 Å². The SMILES string of the molecule is C=C[Si]1(C)CCCCO1.FC(F)(F)CC[SiH]1CCCCO1. The van der Waals surface area contributed by atoms with Gasteiger partial charge in [0.05, 0.1) is 0 Å². The molecule has 0 aliphatic carbocycles. The van der Waals surface area contributed by atoms with Crippen molar-refractivity contribution in [2.45, 2.75) is 63.0 Å². The zero-order chi connectivity index (χ0) is 15.8. The van der Waals surface area contributed by atoms with Crippen LogP contribution in [-0.4, -0.2) is 36.7 Å². The van der Waals surface area contributed by atoms with Gasteiger partial charge in [-0.15, -0.1) is 6.58 Å². The molecular formula is C14H27F3O2Si2. The van der Waals surface area contributed by atoms with E-state index in [4.69, 9.17) is 8.85 Å². The molecule has 21 heavy (non-hydrogen) atoms. The highest BCUT2D eigenvalue weighted by atomic mass is 28.4. The van der Waals surface area contributed by atoms with Gasteiger partial charge in [0, 0.05) is 19.6 Å². The molecular weight excluding hydrogens is 313 g/mol. The van der Waals surface area contributed by atoms with Crippen LogP contribution in [0.25, 0.3) is 0 Å². The standard InChI is InChI=1S/C7H13F3OSi.C7H14OSi/c8-7(9,10)3-6-12-5-2-1-4-11-12;1-3-9(2)7-5-4-6-8-9/h12H,1-6H2;3H,1,4-7H2,2H3. The van der Waals surface area contributed by atoms with Gasteiger partial charge in [-0.2, -0.15) is 13.2 Å². The quantitative estimate of drug-likeness (QED) is 0.701. The van der Waals surface area contributed by atoms with Crippen LogP contribution in [0.1, 0.15) is 32.1 Å². The first-order chi connectivity index (χ1) is 9.85. The predicted octanol–water partition coefficient (Wildman–Crippen LogP) is 4.57. The molecule has 2 saturated heterocycles. The van der Waals surface area contributed by atoms with Crippen molar-refractivity contribution in [1.29, 1.82) is 0 Å². The van der Waals surface area contributed by atoms with Crippen molar-refractivity contribution < 1.29 is 22.0 Å². The highest BCUT2D eigenvalue weighted by Crippen LogP contribution is 2.25. The van der Waals surface area contributed by atoms with Crippen molar-refractivity contribution in [1.82, 2.24) is 0 Å². The van der Waals surface area contributed by atoms with Crippen molar-refractivity contribution in [2.75, 3.05) is 13.2 Å². The fourth-order valence-electron chi connectivity index (χ4n) is 2.48. The molecule has 2 fully saturated rings. The first-order valence-electron chi connectivity index (χ1n) is 7.80. The predicted molar refractivity (Wildman–Crippen MR) is 84.4 cm³/mol. The number of rotatable bonds is 3. The van der Waals surface area contributed by atoms with E-state index >= 15 is 0 Å². The molecule has 0 N–H and O–H groups in total. The van der Waals surface area contributed by atoms with Crippen molar-refractivity contribution in [3.63, 3.8) is 0 Å². The largest absolute Gasteiger partial charge is 0.420 e. The van der Waals surface area contributed by atoms with E-state index in [-0.39, 0.29) is 6.04 Å². The van der Waals surface area contributed by atoms with E-state index in [9.17, 15) is 13.2 Å². The van der Waals surface area contributed by atoms with Crippen molar-refractivity contribution >= 4 is 17.4 Å². The second kappa shape index (κ2) is 9.12. The lowest BCUT2D eigenvalue weighted by Gasteiger charge is -2.27. The molecule has 2 heterocycles. The lowest BCUT2D eigenvalue weighted by atomic mass is 10.4. The molecule has 0 aromatic rings. The van der Waals surface area contributed by atoms with E-state index in [1.165, 1.54) is 18.9 Å². The lowest BCUT2D eigenvalue weighted by molar-refractivity contribution is -0.131. The van der Waals surface area contributed by atoms with Crippen LogP contribution in [0, 0.1) is 0 Å². The van der Waals surface area contributed by atoms with E-state index in [1.54, 1.807) is 0 Å². The average molecular weight is 341 g/mol. The van der Waals surface area contributed by atoms with Gasteiger partial charge in [0.2, 0.25) is 8.32 Å². The Morgan fingerprint density at radius 1 is 1.19 bits per heavy atom. The molecule has 2 aliphatic heterocycles. The summed E-state index contributed by atoms with van der Waals surface area (Å²) in [6.45, 7) is 7.68. The molecule has 124 valence electrons. The van der Waals surface area contributed by atoms with Crippen LogP contribution in [-0.2, 0) is 8.85 Å². The summed E-state index contributed by atoms with van der Waals surface area (Å²) >= 11 is 0. The highest BCUT2D eigenvalue weighted by molar-refractivity contribution is 6.77. The molecule has 0 spiro atoms. The maximum atomic E-state index is 11.8. The van der Waals surface area contributed by atoms with Gasteiger partial charge in [0.1, 0.15) is 0 Å². The normalized spacial score (nSPS) is 30.2. The van der Waals surface area contributed by atoms with Gasteiger partial charge >= 0.3 is 6.18 Å². The molecule has 7 heteroatoms. The molecule has 0 amide bonds. The summed E-state index contributed by atoms with van der Waals surface area (Å²) in [5, 5.41) is 0. The Hall–Kier alpha value is -0.116. The van der Waals surface area contributed by atoms with Gasteiger partial charge in [0.15, 0.2) is 9.04 Å². The monoisotopic (exact) mass is 340 g/mol. The fourth-order valence-corrected chi connectivity index (χ4v) is 7.02. The Kier molecular flexibility index (Phi) is 8.22. The van der Waals surface area contributed by atoms with Crippen LogP contribution in [0.2, 0.25) is 24.7 Å². The zero-order valence-corrected chi connectivity index (χ0v) is 15.0. The first-order valence-corrected chi connectivity index (χ1v) is 12.6. The number of alkyl halides is 3. The summed E-state index contributed by atoms with van der Waals surface area (Å²) in [7, 11) is -2.79. The van der Waals surface area contributed by atoms with Gasteiger partial charge in [0.25, 0.3) is 0 Å². The third-order valence-electron chi connectivity index (χ3n) is 3.95. The molecule has 0 bridgehead atoms. The summed E-state index contributed by atoms with van der Waals surface area (Å²) in [4.78, 5) is 0. The van der Waals surface area contributed by atoms with Crippen molar-refractivity contribution in [3.8, 4) is 0 Å². The second-order valence-corrected chi connectivity index (χ2v) is 12.5. The second-order valence-electron chi connectivity index (χ2n) is 5.96. The minimum Gasteiger partial charge on any atom is -0.420 e. The van der Waals surface area contributed by atoms with Crippen molar-refractivity contribution in [2.24, 2.45) is 0 Å². The summed E-state index contributed by atoms with van der Waals surface area (Å²) in [5.74, 6) is 0. The molecule has 0 saturated carbocycles. The Morgan fingerprint density at radius 2 is 1.90 bits per heavy atom. The van der Waals surface area contributed by atoms with Gasteiger partial charge in [-0.05, 0) is 37.5 Å². The van der Waals surface area contributed by atoms with Crippen LogP contribution < -0.4 is 0 Å². The third kappa shape index (κ3) is 8.80. The first kappa shape index (κ1) is 18.9. The number of hydrogen-bond acceptors (Lipinski definition) is 2. The molecule has 2 unspecified atom stereocenters. The van der Waals surface area contributed by atoms with Gasteiger partial charge < -0.3 is 8.85 Å². The van der Waals surface area contributed by atoms with Crippen LogP contribution >= 0.6 is 0 Å². The van der Waals surface area contributed by atoms with Gasteiger partial charge in [-0.3, -0.25) is 0 Å². The van der Waals surface area contributed by atoms with Crippen LogP contribution in [0.4, 0.5) is 13.2 Å². The minimum atomic E-state index is -3.99. The molecule has 0 aromatic carbocycles. The van der Waals surface area contributed by atoms with Gasteiger partial charge in [-0.1, -0.05) is 18.5 Å². The average Bonchev–Trinajstić information content (AvgIpc) is 2.47. The Balaban J connectivity index is 0.000000219. The fraction of sp³-hybridized carbons (Fsp3) is 0.857. The maximum Gasteiger partial charge on any atom is 0.388 e. The van der Waals surface area contributed by atoms with Crippen molar-refractivity contribution in [3.05, 3.63) is 12.3 Å². The summed E-state index contributed by atoms with van der Waals surface area (Å²) in [6, 6.07) is 2.47. The van der Waals surface area contributed by atoms with E-state index in [2.05, 4.69) is 13.1 Å². The minimum absolute atomic E-state index is 0.267. The highest BCUT2D eigenvalue weighted by Gasteiger charge is 2.29. The van der Waals surface area contributed by atoms with Crippen LogP contribution in [0.15, 0.2) is 12.3 Å². The summed E-state index contributed by atoms with van der Waals surface area (Å²) in [6.07, 6.45) is 0.0349. The summed E-state index contributed by atoms with van der Waals surface area (Å²) < 4.78 is 46.3. The Labute approximate surface area is 128 Å². The Morgan fingerprint density at radius 3 is 2.33 bits per heavy atom. The molecule has 2 rings (SSSR count). The Bertz CT molecular complexity index is 299. The number of halogens is 3. The molecule has 2 nitrogen and oxygen atoms in total. The van der Waals surface area contributed by atoms with Gasteiger partial charge in [-0.25, -0.2) is 0 Å². The lowest BCUT2D eigenvalue weighted by Crippen LogP contribution is -2.35. The summed E-state index contributed by atoms with van der Waals surface area (Å²) in [5.41, 5.74) is 2.05. The smallest absolute Gasteiger partial charge is 0.388 e. The number of hydrogen-bond donors (Lipinski definition) is 0. The third-order valence-corrected chi connectivity index (χ3v) is 9.72. The topological polar surface area (TPSA) is 18.5 Å². The molecule has 2 atom stereocenters. The molecule has 0 radical (unpaired) electrons. The van der Waals surface area contributed by atoms with Crippen LogP contribution in [0.5, 0.6) is 0 Å². The molecule has 2 aliphatic rings.